The van der Waals surface area contributed by atoms with Crippen molar-refractivity contribution < 1.29 is 9.53 Å². The number of nitrogens with zero attached hydrogens (tertiary/aromatic N) is 1. The molecule has 2 N–H and O–H groups in total. The molecule has 0 aromatic heterocycles. The van der Waals surface area contributed by atoms with Crippen molar-refractivity contribution >= 4 is 5.91 Å². The Morgan fingerprint density at radius 1 is 1.40 bits per heavy atom. The second kappa shape index (κ2) is 4.94. The average molecular weight is 212 g/mol. The highest BCUT2D eigenvalue weighted by Gasteiger charge is 2.34. The Labute approximate surface area is 90.8 Å². The van der Waals surface area contributed by atoms with Crippen molar-refractivity contribution in [3.05, 3.63) is 0 Å². The molecule has 0 aromatic rings. The quantitative estimate of drug-likeness (QED) is 0.683. The molecule has 1 heterocycles. The molecule has 15 heavy (non-hydrogen) atoms. The van der Waals surface area contributed by atoms with E-state index >= 15 is 0 Å². The van der Waals surface area contributed by atoms with Gasteiger partial charge in [-0.3, -0.25) is 4.79 Å². The Hall–Kier alpha value is -0.610. The standard InChI is InChI=1S/C11H20N2O2/c12-7-11(14)13-5-6-15-8-9-3-1-2-4-10(9)13/h9-10H,1-8,12H2/t9-,10+/m1/s1. The van der Waals surface area contributed by atoms with E-state index in [-0.39, 0.29) is 12.5 Å². The zero-order valence-electron chi connectivity index (χ0n) is 9.15. The summed E-state index contributed by atoms with van der Waals surface area (Å²) in [6.07, 6.45) is 4.82. The highest BCUT2D eigenvalue weighted by molar-refractivity contribution is 5.78. The highest BCUT2D eigenvalue weighted by atomic mass is 16.5. The average Bonchev–Trinajstić information content (AvgIpc) is 2.50. The van der Waals surface area contributed by atoms with E-state index in [1.54, 1.807) is 0 Å². The molecule has 0 spiro atoms. The van der Waals surface area contributed by atoms with E-state index < -0.39 is 0 Å². The molecule has 0 bridgehead atoms. The molecule has 4 nitrogen and oxygen atoms in total. The first-order chi connectivity index (χ1) is 7.33. The Morgan fingerprint density at radius 2 is 2.20 bits per heavy atom. The Balaban J connectivity index is 2.09. The lowest BCUT2D eigenvalue weighted by Gasteiger charge is -2.37. The van der Waals surface area contributed by atoms with Crippen LogP contribution in [0, 0.1) is 5.92 Å². The van der Waals surface area contributed by atoms with Crippen molar-refractivity contribution in [2.24, 2.45) is 11.7 Å². The smallest absolute Gasteiger partial charge is 0.236 e. The molecule has 1 saturated heterocycles. The maximum atomic E-state index is 11.7. The molecular formula is C11H20N2O2. The van der Waals surface area contributed by atoms with Crippen LogP contribution in [0.4, 0.5) is 0 Å². The first-order valence-electron chi connectivity index (χ1n) is 5.90. The third-order valence-corrected chi connectivity index (χ3v) is 3.57. The number of nitrogens with two attached hydrogens (primary N) is 1. The number of rotatable bonds is 1. The normalized spacial score (nSPS) is 31.9. The van der Waals surface area contributed by atoms with Gasteiger partial charge in [0.15, 0.2) is 0 Å². The molecule has 0 unspecified atom stereocenters. The second-order valence-electron chi connectivity index (χ2n) is 4.48. The van der Waals surface area contributed by atoms with E-state index in [1.807, 2.05) is 4.90 Å². The summed E-state index contributed by atoms with van der Waals surface area (Å²) in [5.74, 6) is 0.620. The van der Waals surface area contributed by atoms with E-state index in [9.17, 15) is 4.79 Å². The molecule has 2 atom stereocenters. The summed E-state index contributed by atoms with van der Waals surface area (Å²) in [4.78, 5) is 13.7. The third kappa shape index (κ3) is 2.32. The van der Waals surface area contributed by atoms with Crippen molar-refractivity contribution in [2.75, 3.05) is 26.3 Å². The Bertz CT molecular complexity index is 233. The minimum Gasteiger partial charge on any atom is -0.379 e. The zero-order valence-corrected chi connectivity index (χ0v) is 9.15. The van der Waals surface area contributed by atoms with Gasteiger partial charge in [-0.1, -0.05) is 12.8 Å². The lowest BCUT2D eigenvalue weighted by atomic mass is 9.84. The molecule has 2 rings (SSSR count). The van der Waals surface area contributed by atoms with Crippen molar-refractivity contribution in [1.82, 2.24) is 4.90 Å². The molecule has 1 aliphatic heterocycles. The van der Waals surface area contributed by atoms with Crippen LogP contribution in [-0.2, 0) is 9.53 Å². The molecule has 86 valence electrons. The van der Waals surface area contributed by atoms with Gasteiger partial charge in [-0.15, -0.1) is 0 Å². The van der Waals surface area contributed by atoms with Gasteiger partial charge < -0.3 is 15.4 Å². The van der Waals surface area contributed by atoms with Crippen LogP contribution < -0.4 is 5.73 Å². The van der Waals surface area contributed by atoms with Crippen LogP contribution in [0.1, 0.15) is 25.7 Å². The molecule has 0 radical (unpaired) electrons. The topological polar surface area (TPSA) is 55.6 Å². The summed E-state index contributed by atoms with van der Waals surface area (Å²) >= 11 is 0. The molecule has 1 amide bonds. The van der Waals surface area contributed by atoms with Gasteiger partial charge in [-0.05, 0) is 12.8 Å². The van der Waals surface area contributed by atoms with Crippen molar-refractivity contribution in [3.8, 4) is 0 Å². The van der Waals surface area contributed by atoms with Gasteiger partial charge >= 0.3 is 0 Å². The van der Waals surface area contributed by atoms with Gasteiger partial charge in [0.05, 0.1) is 19.8 Å². The maximum Gasteiger partial charge on any atom is 0.236 e. The van der Waals surface area contributed by atoms with Crippen LogP contribution >= 0.6 is 0 Å². The van der Waals surface area contributed by atoms with E-state index in [0.717, 1.165) is 19.6 Å². The van der Waals surface area contributed by atoms with Crippen molar-refractivity contribution in [3.63, 3.8) is 0 Å². The summed E-state index contributed by atoms with van der Waals surface area (Å²) < 4.78 is 5.55. The predicted octanol–water partition coefficient (Wildman–Crippen LogP) is 0.363. The number of fused-ring (bicyclic) bond motifs is 1. The number of carbonyl (C=O) groups excluding carboxylic acids is 1. The summed E-state index contributed by atoms with van der Waals surface area (Å²) in [6, 6.07) is 0.386. The first kappa shape index (κ1) is 10.9. The maximum absolute atomic E-state index is 11.7. The SMILES string of the molecule is NCC(=O)N1CCOC[C@H]2CCCC[C@@H]21. The summed E-state index contributed by atoms with van der Waals surface area (Å²) in [5.41, 5.74) is 5.44. The fraction of sp³-hybridized carbons (Fsp3) is 0.909. The molecular weight excluding hydrogens is 192 g/mol. The van der Waals surface area contributed by atoms with Gasteiger partial charge in [0.1, 0.15) is 0 Å². The summed E-state index contributed by atoms with van der Waals surface area (Å²) in [7, 11) is 0. The van der Waals surface area contributed by atoms with Crippen LogP contribution in [0.15, 0.2) is 0 Å². The van der Waals surface area contributed by atoms with E-state index in [2.05, 4.69) is 0 Å². The second-order valence-corrected chi connectivity index (χ2v) is 4.48. The van der Waals surface area contributed by atoms with E-state index in [0.29, 0.717) is 18.6 Å². The lowest BCUT2D eigenvalue weighted by molar-refractivity contribution is -0.133. The van der Waals surface area contributed by atoms with Gasteiger partial charge in [0, 0.05) is 18.5 Å². The van der Waals surface area contributed by atoms with Gasteiger partial charge in [-0.25, -0.2) is 0 Å². The lowest BCUT2D eigenvalue weighted by Crippen LogP contribution is -2.48. The molecule has 1 saturated carbocycles. The van der Waals surface area contributed by atoms with Crippen LogP contribution in [0.25, 0.3) is 0 Å². The van der Waals surface area contributed by atoms with Crippen LogP contribution in [-0.4, -0.2) is 43.2 Å². The minimum atomic E-state index is 0.0809. The summed E-state index contributed by atoms with van der Waals surface area (Å²) in [6.45, 7) is 2.33. The minimum absolute atomic E-state index is 0.0809. The molecule has 2 fully saturated rings. The Morgan fingerprint density at radius 3 is 3.00 bits per heavy atom. The van der Waals surface area contributed by atoms with Crippen LogP contribution in [0.3, 0.4) is 0 Å². The number of ether oxygens (including phenoxy) is 1. The first-order valence-corrected chi connectivity index (χ1v) is 5.90. The highest BCUT2D eigenvalue weighted by Crippen LogP contribution is 2.30. The van der Waals surface area contributed by atoms with Crippen LogP contribution in [0.5, 0.6) is 0 Å². The number of amides is 1. The van der Waals surface area contributed by atoms with Crippen LogP contribution in [0.2, 0.25) is 0 Å². The van der Waals surface area contributed by atoms with Gasteiger partial charge in [0.2, 0.25) is 5.91 Å². The van der Waals surface area contributed by atoms with Crippen molar-refractivity contribution in [1.29, 1.82) is 0 Å². The van der Waals surface area contributed by atoms with E-state index in [1.165, 1.54) is 19.3 Å². The van der Waals surface area contributed by atoms with E-state index in [4.69, 9.17) is 10.5 Å². The monoisotopic (exact) mass is 212 g/mol. The predicted molar refractivity (Wildman–Crippen MR) is 57.3 cm³/mol. The van der Waals surface area contributed by atoms with Gasteiger partial charge in [0.25, 0.3) is 0 Å². The number of hydrogen-bond donors (Lipinski definition) is 1. The number of carbonyl (C=O) groups is 1. The summed E-state index contributed by atoms with van der Waals surface area (Å²) in [5, 5.41) is 0. The molecule has 0 aromatic carbocycles. The molecule has 1 aliphatic carbocycles. The fourth-order valence-corrected chi connectivity index (χ4v) is 2.78. The van der Waals surface area contributed by atoms with Gasteiger partial charge in [-0.2, -0.15) is 0 Å². The molecule has 2 aliphatic rings. The third-order valence-electron chi connectivity index (χ3n) is 3.57. The largest absolute Gasteiger partial charge is 0.379 e. The van der Waals surface area contributed by atoms with Crippen molar-refractivity contribution in [2.45, 2.75) is 31.7 Å². The zero-order chi connectivity index (χ0) is 10.7. The number of hydrogen-bond acceptors (Lipinski definition) is 3. The molecule has 4 heteroatoms. The fourth-order valence-electron chi connectivity index (χ4n) is 2.78. The Kier molecular flexibility index (Phi) is 3.59.